The Labute approximate surface area is 824 Å². The lowest BCUT2D eigenvalue weighted by Crippen LogP contribution is -2.00. The third-order valence-corrected chi connectivity index (χ3v) is 27.1. The van der Waals surface area contributed by atoms with Crippen molar-refractivity contribution in [3.63, 3.8) is 0 Å². The normalized spacial score (nSPS) is 11.6. The number of furan rings is 4. The van der Waals surface area contributed by atoms with Crippen LogP contribution >= 0.6 is 0 Å². The van der Waals surface area contributed by atoms with Crippen LogP contribution in [0.4, 0.5) is 0 Å². The van der Waals surface area contributed by atoms with Crippen LogP contribution in [0.2, 0.25) is 0 Å². The molecule has 15 heteroatoms. The van der Waals surface area contributed by atoms with Crippen LogP contribution in [0.15, 0.2) is 497 Å². The molecule has 0 unspecified atom stereocenters. The van der Waals surface area contributed by atoms with E-state index in [4.69, 9.17) is 62.5 Å². The fourth-order valence-electron chi connectivity index (χ4n) is 20.5. The lowest BCUT2D eigenvalue weighted by atomic mass is 9.97. The molecule has 0 aliphatic rings. The summed E-state index contributed by atoms with van der Waals surface area (Å²) in [6, 6.07) is 164. The maximum atomic E-state index is 6.80. The number of para-hydroxylation sites is 7. The average molecular weight is 1850 g/mol. The van der Waals surface area contributed by atoms with E-state index in [1.54, 1.807) is 0 Å². The van der Waals surface area contributed by atoms with Crippen molar-refractivity contribution in [1.29, 1.82) is 0 Å². The van der Waals surface area contributed by atoms with Crippen molar-refractivity contribution >= 4 is 131 Å². The van der Waals surface area contributed by atoms with Crippen LogP contribution in [0.25, 0.3) is 279 Å². The zero-order chi connectivity index (χ0) is 95.1. The van der Waals surface area contributed by atoms with Gasteiger partial charge in [-0.05, 0) is 119 Å². The molecule has 0 spiro atoms. The topological polar surface area (TPSA) is 178 Å². The maximum Gasteiger partial charge on any atom is 0.164 e. The molecule has 674 valence electrons. The number of rotatable bonds is 14. The number of aromatic nitrogens is 11. The van der Waals surface area contributed by atoms with E-state index in [0.29, 0.717) is 52.4 Å². The van der Waals surface area contributed by atoms with Gasteiger partial charge in [0.05, 0.1) is 22.1 Å². The van der Waals surface area contributed by atoms with Crippen molar-refractivity contribution in [1.82, 2.24) is 54.0 Å². The minimum absolute atomic E-state index is 0.597. The van der Waals surface area contributed by atoms with Crippen LogP contribution in [0.1, 0.15) is 0 Å². The molecule has 0 aliphatic carbocycles. The molecule has 0 atom stereocenters. The second-order valence-corrected chi connectivity index (χ2v) is 35.6. The van der Waals surface area contributed by atoms with E-state index in [1.807, 2.05) is 243 Å². The number of hydrogen-bond acceptors (Lipinski definition) is 13. The standard InChI is InChI=1S/2C45H28N4O.C39H23N3O2/c1-4-15-29(16-5-1)43-46-44(30-17-6-2-7-18-30)48-45(47-43)36-25-14-28-39-41(36)35-24-12-23-33(42(35)50-39)32-22-13-27-38-40(32)34-21-10-11-26-37(34)49(38)31-19-8-3-9-20-31;1-4-14-29(15-5-1)43-46-44(30-16-6-2-7-17-30)48-45(47-43)37-23-13-25-40-41(37)36-22-12-21-33(42(36)50-40)31-26-27-35-34-20-10-11-24-38(34)49(39(35)28-31)32-18-8-3-9-19-32;1-3-10-24(11-4-1)37-40-38(25-12-5-2-6-13-25)42-39(41-37)30-15-9-17-34-36(30)31-22-26(19-21-33(31)43-34)27-18-20-29-28-14-7-8-16-32(28)44-35(29)23-27/h2*1-28H;1-23H. The highest BCUT2D eigenvalue weighted by molar-refractivity contribution is 6.22. The molecule has 29 aromatic rings. The van der Waals surface area contributed by atoms with Gasteiger partial charge in [0, 0.05) is 137 Å². The van der Waals surface area contributed by atoms with Crippen LogP contribution in [0.5, 0.6) is 0 Å². The highest BCUT2D eigenvalue weighted by atomic mass is 16.3. The smallest absolute Gasteiger partial charge is 0.164 e. The Balaban J connectivity index is 0.000000108. The lowest BCUT2D eigenvalue weighted by molar-refractivity contribution is 0.669. The number of fused-ring (bicyclic) bond motifs is 18. The van der Waals surface area contributed by atoms with E-state index in [2.05, 4.69) is 246 Å². The highest BCUT2D eigenvalue weighted by Gasteiger charge is 2.27. The van der Waals surface area contributed by atoms with Gasteiger partial charge in [-0.2, -0.15) is 0 Å². The summed E-state index contributed by atoms with van der Waals surface area (Å²) in [5.74, 6) is 5.56. The van der Waals surface area contributed by atoms with Crippen molar-refractivity contribution in [3.8, 4) is 147 Å². The van der Waals surface area contributed by atoms with Gasteiger partial charge < -0.3 is 26.8 Å². The second kappa shape index (κ2) is 35.3. The fraction of sp³-hybridized carbons (Fsp3) is 0. The van der Waals surface area contributed by atoms with Gasteiger partial charge >= 0.3 is 0 Å². The van der Waals surface area contributed by atoms with Gasteiger partial charge in [0.2, 0.25) is 0 Å². The minimum atomic E-state index is 0.597. The van der Waals surface area contributed by atoms with Gasteiger partial charge in [-0.3, -0.25) is 0 Å². The lowest BCUT2D eigenvalue weighted by Gasteiger charge is -2.09. The molecule has 0 bridgehead atoms. The van der Waals surface area contributed by atoms with E-state index in [9.17, 15) is 0 Å². The van der Waals surface area contributed by atoms with E-state index in [-0.39, 0.29) is 0 Å². The number of hydrogen-bond donors (Lipinski definition) is 0. The van der Waals surface area contributed by atoms with E-state index >= 15 is 0 Å². The van der Waals surface area contributed by atoms with E-state index in [0.717, 1.165) is 194 Å². The van der Waals surface area contributed by atoms with E-state index < -0.39 is 0 Å². The average Bonchev–Trinajstić information content (AvgIpc) is 1.57. The van der Waals surface area contributed by atoms with Gasteiger partial charge in [-0.25, -0.2) is 44.9 Å². The third-order valence-electron chi connectivity index (χ3n) is 27.1. The fourth-order valence-corrected chi connectivity index (χ4v) is 20.5. The molecule has 20 aromatic carbocycles. The zero-order valence-electron chi connectivity index (χ0n) is 77.2. The predicted octanol–water partition coefficient (Wildman–Crippen LogP) is 33.4. The molecule has 0 aliphatic heterocycles. The molecule has 9 heterocycles. The van der Waals surface area contributed by atoms with E-state index in [1.165, 1.54) is 32.6 Å². The summed E-state index contributed by atoms with van der Waals surface area (Å²) < 4.78 is 30.8. The van der Waals surface area contributed by atoms with Gasteiger partial charge in [0.25, 0.3) is 0 Å². The molecular weight excluding hydrogens is 1770 g/mol. The molecule has 0 fully saturated rings. The monoisotopic (exact) mass is 1850 g/mol. The second-order valence-electron chi connectivity index (χ2n) is 35.6. The van der Waals surface area contributed by atoms with Gasteiger partial charge in [-0.1, -0.05) is 382 Å². The summed E-state index contributed by atoms with van der Waals surface area (Å²) in [5.41, 5.74) is 28.2. The van der Waals surface area contributed by atoms with Crippen molar-refractivity contribution in [3.05, 3.63) is 479 Å². The first-order chi connectivity index (χ1) is 71.4. The summed E-state index contributed by atoms with van der Waals surface area (Å²) in [5, 5.41) is 13.0. The molecule has 0 saturated heterocycles. The van der Waals surface area contributed by atoms with Gasteiger partial charge in [-0.15, -0.1) is 0 Å². The quantitative estimate of drug-likeness (QED) is 0.100. The predicted molar refractivity (Wildman–Crippen MR) is 583 cm³/mol. The Kier molecular flexibility index (Phi) is 20.5. The first-order valence-corrected chi connectivity index (χ1v) is 47.9. The Bertz CT molecular complexity index is 9810. The molecule has 29 rings (SSSR count). The first-order valence-electron chi connectivity index (χ1n) is 47.9. The third kappa shape index (κ3) is 14.8. The minimum Gasteiger partial charge on any atom is -0.456 e. The maximum absolute atomic E-state index is 6.80. The molecule has 144 heavy (non-hydrogen) atoms. The largest absolute Gasteiger partial charge is 0.456 e. The summed E-state index contributed by atoms with van der Waals surface area (Å²) in [6.07, 6.45) is 0. The number of benzene rings is 20. The van der Waals surface area contributed by atoms with Crippen molar-refractivity contribution < 1.29 is 17.7 Å². The van der Waals surface area contributed by atoms with Crippen molar-refractivity contribution in [2.24, 2.45) is 0 Å². The molecule has 9 aromatic heterocycles. The van der Waals surface area contributed by atoms with Gasteiger partial charge in [0.15, 0.2) is 52.4 Å². The van der Waals surface area contributed by atoms with Crippen molar-refractivity contribution in [2.75, 3.05) is 0 Å². The molecular formula is C129H79N11O4. The highest BCUT2D eigenvalue weighted by Crippen LogP contribution is 2.49. The van der Waals surface area contributed by atoms with Crippen LogP contribution in [-0.2, 0) is 0 Å². The van der Waals surface area contributed by atoms with Crippen LogP contribution in [0, 0.1) is 0 Å². The molecule has 0 amide bonds. The first kappa shape index (κ1) is 83.6. The molecule has 0 radical (unpaired) electrons. The van der Waals surface area contributed by atoms with Crippen LogP contribution in [-0.4, -0.2) is 54.0 Å². The molecule has 0 N–H and O–H groups in total. The Morgan fingerprint density at radius 2 is 0.438 bits per heavy atom. The Morgan fingerprint density at radius 1 is 0.139 bits per heavy atom. The SMILES string of the molecule is c1ccc(-c2nc(-c3ccccc3)nc(-c3cccc4oc5c(-c6ccc7c8ccccc8n(-c8ccccc8)c7c6)cccc5c34)n2)cc1.c1ccc(-c2nc(-c3ccccc3)nc(-c3cccc4oc5c(-c6cccc7c6c6ccccc6n7-c6ccccc6)cccc5c34)n2)cc1.c1ccc(-c2nc(-c3ccccc3)nc(-c3cccc4oc5ccc(-c6ccc7c(c6)oc6ccccc67)cc5c34)n2)cc1. The Morgan fingerprint density at radius 3 is 0.931 bits per heavy atom. The summed E-state index contributed by atoms with van der Waals surface area (Å²) in [4.78, 5) is 44.9. The summed E-state index contributed by atoms with van der Waals surface area (Å²) >= 11 is 0. The molecule has 0 saturated carbocycles. The summed E-state index contributed by atoms with van der Waals surface area (Å²) in [6.45, 7) is 0. The molecule has 15 nitrogen and oxygen atoms in total. The number of nitrogens with zero attached hydrogens (tertiary/aromatic N) is 11. The van der Waals surface area contributed by atoms with Crippen LogP contribution < -0.4 is 0 Å². The van der Waals surface area contributed by atoms with Gasteiger partial charge in [0.1, 0.15) is 44.7 Å². The zero-order valence-corrected chi connectivity index (χ0v) is 77.2. The van der Waals surface area contributed by atoms with Crippen molar-refractivity contribution in [2.45, 2.75) is 0 Å². The Hall–Kier alpha value is -19.8. The summed E-state index contributed by atoms with van der Waals surface area (Å²) in [7, 11) is 0. The van der Waals surface area contributed by atoms with Crippen LogP contribution in [0.3, 0.4) is 0 Å².